The Morgan fingerprint density at radius 3 is 2.47 bits per heavy atom. The van der Waals surface area contributed by atoms with Crippen LogP contribution in [0.4, 0.5) is 0 Å². The summed E-state index contributed by atoms with van der Waals surface area (Å²) in [4.78, 5) is 14.1. The van der Waals surface area contributed by atoms with Gasteiger partial charge in [-0.1, -0.05) is 13.8 Å². The van der Waals surface area contributed by atoms with Crippen LogP contribution in [0, 0.1) is 5.92 Å². The van der Waals surface area contributed by atoms with Crippen molar-refractivity contribution in [1.82, 2.24) is 14.8 Å². The third-order valence-corrected chi connectivity index (χ3v) is 3.71. The molecule has 0 unspecified atom stereocenters. The third kappa shape index (κ3) is 4.39. The molecule has 0 fully saturated rings. The second-order valence-corrected chi connectivity index (χ2v) is 5.73. The normalized spacial score (nSPS) is 14.5. The average Bonchev–Trinajstić information content (AvgIpc) is 2.73. The molecule has 1 aromatic heterocycles. The summed E-state index contributed by atoms with van der Waals surface area (Å²) >= 11 is 0. The predicted molar refractivity (Wildman–Crippen MR) is 78.8 cm³/mol. The summed E-state index contributed by atoms with van der Waals surface area (Å²) in [7, 11) is 3.85. The molecular weight excluding hydrogens is 238 g/mol. The van der Waals surface area contributed by atoms with Crippen LogP contribution in [-0.2, 0) is 18.4 Å². The Balaban J connectivity index is 2.54. The fourth-order valence-electron chi connectivity index (χ4n) is 1.97. The van der Waals surface area contributed by atoms with E-state index in [-0.39, 0.29) is 11.9 Å². The van der Waals surface area contributed by atoms with E-state index in [0.717, 1.165) is 5.69 Å². The molecule has 1 amide bonds. The first kappa shape index (κ1) is 15.8. The lowest BCUT2D eigenvalue weighted by Gasteiger charge is -2.26. The first-order valence-electron chi connectivity index (χ1n) is 6.94. The largest absolute Gasteiger partial charge is 0.353 e. The number of aromatic nitrogens is 1. The maximum absolute atomic E-state index is 12.3. The monoisotopic (exact) mass is 265 g/mol. The van der Waals surface area contributed by atoms with Crippen molar-refractivity contribution in [3.63, 3.8) is 0 Å². The maximum Gasteiger partial charge on any atom is 0.239 e. The number of nitrogens with zero attached hydrogens (tertiary/aromatic N) is 2. The van der Waals surface area contributed by atoms with E-state index in [1.807, 2.05) is 43.9 Å². The summed E-state index contributed by atoms with van der Waals surface area (Å²) in [6.07, 6.45) is 2.00. The summed E-state index contributed by atoms with van der Waals surface area (Å²) < 4.78 is 2.04. The van der Waals surface area contributed by atoms with Gasteiger partial charge in [-0.2, -0.15) is 0 Å². The van der Waals surface area contributed by atoms with Crippen molar-refractivity contribution < 1.29 is 4.79 Å². The number of nitrogens with one attached hydrogen (secondary N) is 1. The Kier molecular flexibility index (Phi) is 5.60. The van der Waals surface area contributed by atoms with E-state index < -0.39 is 0 Å². The lowest BCUT2D eigenvalue weighted by Crippen LogP contribution is -2.47. The van der Waals surface area contributed by atoms with E-state index in [1.165, 1.54) is 0 Å². The molecule has 0 saturated heterocycles. The predicted octanol–water partition coefficient (Wildman–Crippen LogP) is 2.01. The van der Waals surface area contributed by atoms with Crippen LogP contribution in [0.15, 0.2) is 18.3 Å². The summed E-state index contributed by atoms with van der Waals surface area (Å²) in [5.74, 6) is 0.655. The first-order chi connectivity index (χ1) is 8.82. The van der Waals surface area contributed by atoms with Crippen molar-refractivity contribution >= 4 is 5.91 Å². The smallest absolute Gasteiger partial charge is 0.239 e. The molecule has 0 aliphatic carbocycles. The van der Waals surface area contributed by atoms with E-state index in [0.29, 0.717) is 18.5 Å². The topological polar surface area (TPSA) is 37.3 Å². The number of carbonyl (C=O) groups is 1. The Morgan fingerprint density at radius 2 is 2.00 bits per heavy atom. The van der Waals surface area contributed by atoms with Gasteiger partial charge in [0.15, 0.2) is 0 Å². The van der Waals surface area contributed by atoms with Gasteiger partial charge in [-0.15, -0.1) is 0 Å². The van der Waals surface area contributed by atoms with Gasteiger partial charge in [0.25, 0.3) is 0 Å². The van der Waals surface area contributed by atoms with Gasteiger partial charge in [-0.25, -0.2) is 0 Å². The SMILES string of the molecule is CC(C)[C@@H](C)N[C@@H](C)C(=O)N(C)Cc1cccn1C. The molecule has 4 nitrogen and oxygen atoms in total. The highest BCUT2D eigenvalue weighted by molar-refractivity contribution is 5.81. The molecule has 0 bridgehead atoms. The van der Waals surface area contributed by atoms with Crippen molar-refractivity contribution in [2.45, 2.75) is 46.3 Å². The van der Waals surface area contributed by atoms with E-state index in [9.17, 15) is 4.79 Å². The summed E-state index contributed by atoms with van der Waals surface area (Å²) in [6.45, 7) is 9.00. The van der Waals surface area contributed by atoms with Crippen molar-refractivity contribution in [2.75, 3.05) is 7.05 Å². The van der Waals surface area contributed by atoms with Crippen LogP contribution >= 0.6 is 0 Å². The van der Waals surface area contributed by atoms with Gasteiger partial charge in [-0.05, 0) is 31.9 Å². The number of aryl methyl sites for hydroxylation is 1. The molecule has 0 aliphatic heterocycles. The molecule has 4 heteroatoms. The van der Waals surface area contributed by atoms with E-state index in [2.05, 4.69) is 26.1 Å². The molecule has 0 aromatic carbocycles. The summed E-state index contributed by atoms with van der Waals surface area (Å²) in [6, 6.07) is 4.22. The summed E-state index contributed by atoms with van der Waals surface area (Å²) in [5.41, 5.74) is 1.14. The zero-order chi connectivity index (χ0) is 14.6. The molecule has 1 N–H and O–H groups in total. The van der Waals surface area contributed by atoms with Crippen molar-refractivity contribution in [3.05, 3.63) is 24.0 Å². The van der Waals surface area contributed by atoms with Gasteiger partial charge < -0.3 is 14.8 Å². The number of amides is 1. The minimum absolute atomic E-state index is 0.133. The highest BCUT2D eigenvalue weighted by Crippen LogP contribution is 2.06. The highest BCUT2D eigenvalue weighted by Gasteiger charge is 2.20. The van der Waals surface area contributed by atoms with Crippen LogP contribution in [-0.4, -0.2) is 34.5 Å². The molecule has 19 heavy (non-hydrogen) atoms. The lowest BCUT2D eigenvalue weighted by molar-refractivity contribution is -0.132. The third-order valence-electron chi connectivity index (χ3n) is 3.71. The zero-order valence-corrected chi connectivity index (χ0v) is 13.0. The molecule has 0 spiro atoms. The number of likely N-dealkylation sites (N-methyl/N-ethyl adjacent to an activating group) is 1. The molecule has 0 saturated carbocycles. The van der Waals surface area contributed by atoms with E-state index in [1.54, 1.807) is 4.90 Å². The maximum atomic E-state index is 12.3. The Bertz CT molecular complexity index is 411. The molecule has 0 aliphatic rings. The van der Waals surface area contributed by atoms with Crippen LogP contribution in [0.1, 0.15) is 33.4 Å². The van der Waals surface area contributed by atoms with Gasteiger partial charge in [0, 0.05) is 32.0 Å². The first-order valence-corrected chi connectivity index (χ1v) is 6.94. The second kappa shape index (κ2) is 6.75. The minimum atomic E-state index is -0.150. The molecule has 0 radical (unpaired) electrons. The van der Waals surface area contributed by atoms with E-state index in [4.69, 9.17) is 0 Å². The van der Waals surface area contributed by atoms with Gasteiger partial charge >= 0.3 is 0 Å². The number of rotatable bonds is 6. The van der Waals surface area contributed by atoms with Crippen molar-refractivity contribution in [2.24, 2.45) is 13.0 Å². The molecule has 1 rings (SSSR count). The van der Waals surface area contributed by atoms with E-state index >= 15 is 0 Å². The Labute approximate surface area is 116 Å². The van der Waals surface area contributed by atoms with Crippen LogP contribution in [0.2, 0.25) is 0 Å². The Morgan fingerprint density at radius 1 is 1.37 bits per heavy atom. The van der Waals surface area contributed by atoms with Crippen LogP contribution in [0.5, 0.6) is 0 Å². The minimum Gasteiger partial charge on any atom is -0.353 e. The number of hydrogen-bond acceptors (Lipinski definition) is 2. The fourth-order valence-corrected chi connectivity index (χ4v) is 1.97. The van der Waals surface area contributed by atoms with Gasteiger partial charge in [-0.3, -0.25) is 4.79 Å². The average molecular weight is 265 g/mol. The molecule has 2 atom stereocenters. The van der Waals surface area contributed by atoms with Crippen molar-refractivity contribution in [3.8, 4) is 0 Å². The zero-order valence-electron chi connectivity index (χ0n) is 13.0. The number of hydrogen-bond donors (Lipinski definition) is 1. The van der Waals surface area contributed by atoms with Crippen LogP contribution < -0.4 is 5.32 Å². The summed E-state index contributed by atoms with van der Waals surface area (Å²) in [5, 5.41) is 3.36. The number of carbonyl (C=O) groups excluding carboxylic acids is 1. The van der Waals surface area contributed by atoms with Crippen molar-refractivity contribution in [1.29, 1.82) is 0 Å². The van der Waals surface area contributed by atoms with Gasteiger partial charge in [0.1, 0.15) is 0 Å². The second-order valence-electron chi connectivity index (χ2n) is 5.73. The molecular formula is C15H27N3O. The standard InChI is InChI=1S/C15H27N3O/c1-11(2)12(3)16-13(4)15(19)18(6)10-14-8-7-9-17(14)5/h7-9,11-13,16H,10H2,1-6H3/t12-,13+/m1/s1. The molecule has 108 valence electrons. The quantitative estimate of drug-likeness (QED) is 0.854. The molecule has 1 heterocycles. The lowest BCUT2D eigenvalue weighted by atomic mass is 10.1. The fraction of sp³-hybridized carbons (Fsp3) is 0.667. The highest BCUT2D eigenvalue weighted by atomic mass is 16.2. The van der Waals surface area contributed by atoms with Gasteiger partial charge in [0.05, 0.1) is 12.6 Å². The van der Waals surface area contributed by atoms with Crippen LogP contribution in [0.3, 0.4) is 0 Å². The van der Waals surface area contributed by atoms with Crippen LogP contribution in [0.25, 0.3) is 0 Å². The molecule has 1 aromatic rings. The van der Waals surface area contributed by atoms with Gasteiger partial charge in [0.2, 0.25) is 5.91 Å². The Hall–Kier alpha value is -1.29.